The van der Waals surface area contributed by atoms with E-state index in [4.69, 9.17) is 10.5 Å². The zero-order chi connectivity index (χ0) is 14.0. The van der Waals surface area contributed by atoms with Gasteiger partial charge in [0.15, 0.2) is 0 Å². The molecule has 0 bridgehead atoms. The van der Waals surface area contributed by atoms with Gasteiger partial charge in [0.2, 0.25) is 10.0 Å². The predicted octanol–water partition coefficient (Wildman–Crippen LogP) is 1.40. The number of nitrogens with two attached hydrogens (primary N) is 1. The van der Waals surface area contributed by atoms with Crippen LogP contribution in [0.4, 0.5) is 5.69 Å². The Hall–Kier alpha value is -0.920. The van der Waals surface area contributed by atoms with Crippen LogP contribution in [0.5, 0.6) is 5.75 Å². The van der Waals surface area contributed by atoms with Gasteiger partial charge >= 0.3 is 0 Å². The van der Waals surface area contributed by atoms with Crippen LogP contribution >= 0.6 is 11.8 Å². The van der Waals surface area contributed by atoms with E-state index in [-0.39, 0.29) is 16.6 Å². The van der Waals surface area contributed by atoms with Crippen LogP contribution in [0.1, 0.15) is 6.92 Å². The first kappa shape index (κ1) is 14.5. The topological polar surface area (TPSA) is 72.6 Å². The number of hydrogen-bond donors (Lipinski definition) is 1. The summed E-state index contributed by atoms with van der Waals surface area (Å²) >= 11 is 1.77. The third-order valence-corrected chi connectivity index (χ3v) is 6.39. The molecule has 1 aromatic rings. The van der Waals surface area contributed by atoms with E-state index in [0.717, 1.165) is 11.5 Å². The van der Waals surface area contributed by atoms with Gasteiger partial charge in [-0.05, 0) is 19.1 Å². The highest BCUT2D eigenvalue weighted by Gasteiger charge is 2.32. The zero-order valence-corrected chi connectivity index (χ0v) is 12.6. The molecular formula is C12H18N2O3S2. The van der Waals surface area contributed by atoms with Gasteiger partial charge in [-0.3, -0.25) is 0 Å². The maximum Gasteiger partial charge on any atom is 0.245 e. The summed E-state index contributed by atoms with van der Waals surface area (Å²) in [6.07, 6.45) is 0. The highest BCUT2D eigenvalue weighted by molar-refractivity contribution is 7.99. The average molecular weight is 302 g/mol. The molecular weight excluding hydrogens is 284 g/mol. The summed E-state index contributed by atoms with van der Waals surface area (Å²) in [6.45, 7) is 2.45. The molecule has 19 heavy (non-hydrogen) atoms. The van der Waals surface area contributed by atoms with Crippen molar-refractivity contribution in [2.24, 2.45) is 0 Å². The van der Waals surface area contributed by atoms with Gasteiger partial charge in [-0.15, -0.1) is 0 Å². The second kappa shape index (κ2) is 5.60. The van der Waals surface area contributed by atoms with Gasteiger partial charge in [0.05, 0.1) is 12.8 Å². The quantitative estimate of drug-likeness (QED) is 0.855. The van der Waals surface area contributed by atoms with E-state index in [1.54, 1.807) is 17.8 Å². The third kappa shape index (κ3) is 2.82. The Morgan fingerprint density at radius 3 is 2.79 bits per heavy atom. The van der Waals surface area contributed by atoms with Crippen molar-refractivity contribution in [3.8, 4) is 5.75 Å². The molecule has 2 rings (SSSR count). The molecule has 0 saturated carbocycles. The number of thioether (sulfide) groups is 1. The van der Waals surface area contributed by atoms with Gasteiger partial charge < -0.3 is 10.5 Å². The van der Waals surface area contributed by atoms with E-state index in [9.17, 15) is 8.42 Å². The highest BCUT2D eigenvalue weighted by atomic mass is 32.2. The Bertz CT molecular complexity index is 560. The molecule has 0 radical (unpaired) electrons. The minimum atomic E-state index is -3.53. The van der Waals surface area contributed by atoms with E-state index in [1.807, 2.05) is 6.92 Å². The van der Waals surface area contributed by atoms with Gasteiger partial charge in [0, 0.05) is 30.2 Å². The fraction of sp³-hybridized carbons (Fsp3) is 0.500. The van der Waals surface area contributed by atoms with Crippen molar-refractivity contribution in [2.45, 2.75) is 17.9 Å². The number of nitrogens with zero attached hydrogens (tertiary/aromatic N) is 1. The van der Waals surface area contributed by atoms with Crippen molar-refractivity contribution in [1.82, 2.24) is 4.31 Å². The number of anilines is 1. The first-order valence-electron chi connectivity index (χ1n) is 6.00. The Morgan fingerprint density at radius 1 is 1.47 bits per heavy atom. The van der Waals surface area contributed by atoms with Crippen LogP contribution in [0.2, 0.25) is 0 Å². The lowest BCUT2D eigenvalue weighted by molar-refractivity contribution is 0.367. The summed E-state index contributed by atoms with van der Waals surface area (Å²) in [6, 6.07) is 4.66. The van der Waals surface area contributed by atoms with Gasteiger partial charge in [-0.25, -0.2) is 8.42 Å². The summed E-state index contributed by atoms with van der Waals surface area (Å²) in [7, 11) is -2.01. The second-order valence-corrected chi connectivity index (χ2v) is 7.45. The Balaban J connectivity index is 2.38. The molecule has 1 heterocycles. The molecule has 2 N–H and O–H groups in total. The minimum Gasteiger partial charge on any atom is -0.497 e. The molecule has 106 valence electrons. The SMILES string of the molecule is COc1ccc(S(=O)(=O)N2CCSCC2C)c(N)c1. The smallest absolute Gasteiger partial charge is 0.245 e. The van der Waals surface area contributed by atoms with Gasteiger partial charge in [-0.2, -0.15) is 16.1 Å². The third-order valence-electron chi connectivity index (χ3n) is 3.11. The summed E-state index contributed by atoms with van der Waals surface area (Å²) < 4.78 is 31.8. The summed E-state index contributed by atoms with van der Waals surface area (Å²) in [5.41, 5.74) is 6.07. The molecule has 5 nitrogen and oxygen atoms in total. The lowest BCUT2D eigenvalue weighted by atomic mass is 10.3. The molecule has 1 fully saturated rings. The molecule has 1 aliphatic rings. The predicted molar refractivity (Wildman–Crippen MR) is 78.1 cm³/mol. The maximum absolute atomic E-state index is 12.6. The monoisotopic (exact) mass is 302 g/mol. The van der Waals surface area contributed by atoms with Crippen molar-refractivity contribution in [2.75, 3.05) is 30.9 Å². The van der Waals surface area contributed by atoms with Crippen LogP contribution in [-0.2, 0) is 10.0 Å². The highest BCUT2D eigenvalue weighted by Crippen LogP contribution is 2.29. The van der Waals surface area contributed by atoms with Crippen molar-refractivity contribution < 1.29 is 13.2 Å². The minimum absolute atomic E-state index is 0.00903. The molecule has 1 aliphatic heterocycles. The average Bonchev–Trinajstić information content (AvgIpc) is 2.38. The molecule has 0 aromatic heterocycles. The first-order valence-corrected chi connectivity index (χ1v) is 8.59. The number of hydrogen-bond acceptors (Lipinski definition) is 5. The van der Waals surface area contributed by atoms with E-state index in [0.29, 0.717) is 12.3 Å². The van der Waals surface area contributed by atoms with Crippen molar-refractivity contribution in [3.63, 3.8) is 0 Å². The van der Waals surface area contributed by atoms with Crippen LogP contribution in [0.3, 0.4) is 0 Å². The molecule has 1 atom stereocenters. The number of methoxy groups -OCH3 is 1. The molecule has 0 amide bonds. The lowest BCUT2D eigenvalue weighted by Crippen LogP contribution is -2.44. The largest absolute Gasteiger partial charge is 0.497 e. The van der Waals surface area contributed by atoms with Crippen LogP contribution in [0, 0.1) is 0 Å². The second-order valence-electron chi connectivity index (χ2n) is 4.44. The van der Waals surface area contributed by atoms with Crippen molar-refractivity contribution in [3.05, 3.63) is 18.2 Å². The molecule has 1 saturated heterocycles. The number of rotatable bonds is 3. The van der Waals surface area contributed by atoms with E-state index in [2.05, 4.69) is 0 Å². The summed E-state index contributed by atoms with van der Waals surface area (Å²) in [4.78, 5) is 0.159. The molecule has 1 unspecified atom stereocenters. The summed E-state index contributed by atoms with van der Waals surface area (Å²) in [5.74, 6) is 2.19. The van der Waals surface area contributed by atoms with Crippen LogP contribution in [-0.4, -0.2) is 43.9 Å². The van der Waals surface area contributed by atoms with Crippen LogP contribution in [0.15, 0.2) is 23.1 Å². The fourth-order valence-corrected chi connectivity index (χ4v) is 5.04. The van der Waals surface area contributed by atoms with Gasteiger partial charge in [0.1, 0.15) is 10.6 Å². The molecule has 1 aromatic carbocycles. The van der Waals surface area contributed by atoms with Crippen LogP contribution < -0.4 is 10.5 Å². The summed E-state index contributed by atoms with van der Waals surface area (Å²) in [5, 5.41) is 0. The molecule has 0 spiro atoms. The number of ether oxygens (including phenoxy) is 1. The number of sulfonamides is 1. The lowest BCUT2D eigenvalue weighted by Gasteiger charge is -2.32. The zero-order valence-electron chi connectivity index (χ0n) is 11.0. The van der Waals surface area contributed by atoms with E-state index >= 15 is 0 Å². The Kier molecular flexibility index (Phi) is 4.27. The van der Waals surface area contributed by atoms with Crippen molar-refractivity contribution in [1.29, 1.82) is 0 Å². The first-order chi connectivity index (χ1) is 8.96. The van der Waals surface area contributed by atoms with Crippen LogP contribution in [0.25, 0.3) is 0 Å². The normalized spacial score (nSPS) is 21.3. The standard InChI is InChI=1S/C12H18N2O3S2/c1-9-8-18-6-5-14(9)19(15,16)12-4-3-10(17-2)7-11(12)13/h3-4,7,9H,5-6,8,13H2,1-2H3. The molecule has 7 heteroatoms. The van der Waals surface area contributed by atoms with Gasteiger partial charge in [-0.1, -0.05) is 0 Å². The Labute approximate surface area is 118 Å². The maximum atomic E-state index is 12.6. The fourth-order valence-electron chi connectivity index (χ4n) is 2.08. The number of benzene rings is 1. The van der Waals surface area contributed by atoms with E-state index < -0.39 is 10.0 Å². The van der Waals surface area contributed by atoms with E-state index in [1.165, 1.54) is 23.5 Å². The number of nitrogen functional groups attached to an aromatic ring is 1. The van der Waals surface area contributed by atoms with Crippen molar-refractivity contribution >= 4 is 27.5 Å². The van der Waals surface area contributed by atoms with Gasteiger partial charge in [0.25, 0.3) is 0 Å². The Morgan fingerprint density at radius 2 is 2.21 bits per heavy atom. The molecule has 0 aliphatic carbocycles.